The molecule has 1 saturated heterocycles. The maximum Gasteiger partial charge on any atom is 1.00 e. The van der Waals surface area contributed by atoms with Crippen LogP contribution in [0.4, 0.5) is 11.4 Å². The van der Waals surface area contributed by atoms with Crippen LogP contribution in [0.2, 0.25) is 0 Å². The minimum Gasteiger partial charge on any atom is -0.548 e. The third-order valence-electron chi connectivity index (χ3n) is 6.30. The number of hydrogen-bond donors (Lipinski definition) is 2. The first kappa shape index (κ1) is 50.7. The molecule has 1 amide bonds. The largest absolute Gasteiger partial charge is 1.00 e. The summed E-state index contributed by atoms with van der Waals surface area (Å²) in [6, 6.07) is 9.02. The number of ether oxygens (including phenoxy) is 2. The summed E-state index contributed by atoms with van der Waals surface area (Å²) in [5.74, 6) is -6.34. The van der Waals surface area contributed by atoms with Gasteiger partial charge in [0.25, 0.3) is 5.91 Å². The number of fused-ring (bicyclic) bond motifs is 1. The molecule has 1 aliphatic rings. The summed E-state index contributed by atoms with van der Waals surface area (Å²) in [6.45, 7) is -1.84. The Kier molecular flexibility index (Phi) is 24.6. The standard InChI is InChI=1S/C29H28N4O12S.4K/c1-15-2-3-19(32(11-24(34)35)12-25(36)37)22(6-15)43-4-5-44-23-8-16-7-17(9-18-28(42)31-29(46)30-18)45-21(16)10-20(23)33(13-26(38)39)14-27(40)41;;;;/h2-3,6-10H,4-5,11-14H2,1H3,(H,34,35)(H,36,37)(H,38,39)(H,40,41)(H2,30,31,42,46);;;;/q;4*+1/p-4/b18-9-;;;;. The molecule has 0 unspecified atom stereocenters. The van der Waals surface area contributed by atoms with Gasteiger partial charge in [0.2, 0.25) is 0 Å². The number of carbonyl (C=O) groups is 5. The number of carbonyl (C=O) groups excluding carboxylic acids is 5. The second-order valence-corrected chi connectivity index (χ2v) is 10.2. The van der Waals surface area contributed by atoms with Gasteiger partial charge in [-0.05, 0) is 49.0 Å². The second kappa shape index (κ2) is 24.3. The Bertz CT molecular complexity index is 1740. The zero-order chi connectivity index (χ0) is 33.5. The summed E-state index contributed by atoms with van der Waals surface area (Å²) < 4.78 is 17.5. The Morgan fingerprint density at radius 3 is 1.74 bits per heavy atom. The van der Waals surface area contributed by atoms with Crippen molar-refractivity contribution in [1.82, 2.24) is 10.6 Å². The van der Waals surface area contributed by atoms with Crippen molar-refractivity contribution < 1.29 is 264 Å². The molecule has 0 bridgehead atoms. The van der Waals surface area contributed by atoms with Gasteiger partial charge in [-0.3, -0.25) is 10.1 Å². The van der Waals surface area contributed by atoms with E-state index < -0.39 is 56.0 Å². The number of anilines is 2. The zero-order valence-electron chi connectivity index (χ0n) is 28.0. The molecular weight excluding hydrogens is 785 g/mol. The van der Waals surface area contributed by atoms with E-state index in [2.05, 4.69) is 10.6 Å². The van der Waals surface area contributed by atoms with E-state index in [1.807, 2.05) is 0 Å². The molecule has 0 radical (unpaired) electrons. The average molecular weight is 809 g/mol. The Balaban J connectivity index is 0.00000600. The van der Waals surface area contributed by atoms with E-state index in [9.17, 15) is 44.4 Å². The van der Waals surface area contributed by atoms with E-state index in [-0.39, 0.29) is 264 Å². The summed E-state index contributed by atoms with van der Waals surface area (Å²) >= 11 is 4.92. The van der Waals surface area contributed by atoms with Gasteiger partial charge >= 0.3 is 206 Å². The number of aliphatic carboxylic acids is 4. The molecule has 1 aromatic heterocycles. The van der Waals surface area contributed by atoms with Crippen LogP contribution >= 0.6 is 12.2 Å². The van der Waals surface area contributed by atoms with Crippen LogP contribution in [0.5, 0.6) is 11.5 Å². The number of nitrogens with one attached hydrogen (secondary N) is 2. The molecule has 4 rings (SSSR count). The fraction of sp³-hybridized carbons (Fsp3) is 0.241. The first-order valence-electron chi connectivity index (χ1n) is 13.4. The van der Waals surface area contributed by atoms with Gasteiger partial charge < -0.3 is 68.6 Å². The third-order valence-corrected chi connectivity index (χ3v) is 6.50. The van der Waals surface area contributed by atoms with Gasteiger partial charge in [-0.25, -0.2) is 0 Å². The summed E-state index contributed by atoms with van der Waals surface area (Å²) in [4.78, 5) is 59.4. The maximum absolute atomic E-state index is 12.0. The molecule has 50 heavy (non-hydrogen) atoms. The Morgan fingerprint density at radius 2 is 1.26 bits per heavy atom. The van der Waals surface area contributed by atoms with Crippen LogP contribution in [-0.2, 0) is 24.0 Å². The van der Waals surface area contributed by atoms with Crippen molar-refractivity contribution in [3.63, 3.8) is 0 Å². The van der Waals surface area contributed by atoms with Gasteiger partial charge in [-0.2, -0.15) is 0 Å². The number of nitrogens with zero attached hydrogens (tertiary/aromatic N) is 2. The smallest absolute Gasteiger partial charge is 0.548 e. The second-order valence-electron chi connectivity index (χ2n) is 9.84. The summed E-state index contributed by atoms with van der Waals surface area (Å²) in [5, 5.41) is 51.0. The van der Waals surface area contributed by atoms with E-state index in [1.54, 1.807) is 25.1 Å². The Labute approximate surface area is 461 Å². The van der Waals surface area contributed by atoms with Crippen molar-refractivity contribution in [3.8, 4) is 11.5 Å². The Hall–Kier alpha value is 0.705. The van der Waals surface area contributed by atoms with Crippen molar-refractivity contribution in [3.05, 3.63) is 53.4 Å². The molecule has 16 nitrogen and oxygen atoms in total. The van der Waals surface area contributed by atoms with E-state index >= 15 is 0 Å². The van der Waals surface area contributed by atoms with Crippen LogP contribution in [-0.4, -0.2) is 74.3 Å². The molecule has 21 heteroatoms. The topological polar surface area (TPSA) is 240 Å². The molecule has 242 valence electrons. The van der Waals surface area contributed by atoms with Crippen LogP contribution in [0.25, 0.3) is 17.0 Å². The Morgan fingerprint density at radius 1 is 0.760 bits per heavy atom. The molecule has 0 aliphatic carbocycles. The summed E-state index contributed by atoms with van der Waals surface area (Å²) in [5.41, 5.74) is 1.16. The summed E-state index contributed by atoms with van der Waals surface area (Å²) in [7, 11) is 0. The molecule has 2 N–H and O–H groups in total. The minimum atomic E-state index is -1.58. The van der Waals surface area contributed by atoms with Crippen LogP contribution < -0.4 is 256 Å². The molecular formula is C29H24K4N4O12S. The van der Waals surface area contributed by atoms with Gasteiger partial charge in [0.1, 0.15) is 41.8 Å². The number of aryl methyl sites for hydroxylation is 1. The van der Waals surface area contributed by atoms with Gasteiger partial charge in [0.15, 0.2) is 5.11 Å². The van der Waals surface area contributed by atoms with E-state index in [0.29, 0.717) is 10.9 Å². The van der Waals surface area contributed by atoms with Gasteiger partial charge in [0, 0.05) is 17.5 Å². The molecule has 2 heterocycles. The van der Waals surface area contributed by atoms with Gasteiger partial charge in [-0.15, -0.1) is 0 Å². The van der Waals surface area contributed by atoms with Gasteiger partial charge in [-0.1, -0.05) is 6.07 Å². The molecule has 0 spiro atoms. The number of hydrogen-bond acceptors (Lipinski definition) is 15. The molecule has 0 atom stereocenters. The number of rotatable bonds is 16. The van der Waals surface area contributed by atoms with Crippen molar-refractivity contribution in [2.45, 2.75) is 6.92 Å². The third kappa shape index (κ3) is 15.4. The molecule has 2 aromatic carbocycles. The molecule has 0 saturated carbocycles. The van der Waals surface area contributed by atoms with Crippen LogP contribution in [0, 0.1) is 6.92 Å². The normalized spacial score (nSPS) is 12.2. The van der Waals surface area contributed by atoms with Crippen LogP contribution in [0.1, 0.15) is 11.3 Å². The average Bonchev–Trinajstić information content (AvgIpc) is 3.48. The number of benzene rings is 2. The minimum absolute atomic E-state index is 0. The van der Waals surface area contributed by atoms with E-state index in [0.717, 1.165) is 9.80 Å². The fourth-order valence-electron chi connectivity index (χ4n) is 4.51. The number of carboxylic acids is 4. The first-order chi connectivity index (χ1) is 21.8. The van der Waals surface area contributed by atoms with Crippen LogP contribution in [0.3, 0.4) is 0 Å². The number of amides is 1. The van der Waals surface area contributed by atoms with E-state index in [4.69, 9.17) is 26.1 Å². The first-order valence-corrected chi connectivity index (χ1v) is 13.8. The molecule has 1 aliphatic heterocycles. The summed E-state index contributed by atoms with van der Waals surface area (Å²) in [6.07, 6.45) is 1.38. The van der Waals surface area contributed by atoms with Crippen LogP contribution in [0.15, 0.2) is 46.5 Å². The monoisotopic (exact) mass is 808 g/mol. The zero-order valence-corrected chi connectivity index (χ0v) is 41.3. The number of furan rings is 1. The quantitative estimate of drug-likeness (QED) is 0.0591. The molecule has 3 aromatic rings. The van der Waals surface area contributed by atoms with Crippen molar-refractivity contribution >= 4 is 75.5 Å². The van der Waals surface area contributed by atoms with Gasteiger partial charge in [0.05, 0.1) is 61.4 Å². The fourth-order valence-corrected chi connectivity index (χ4v) is 4.71. The predicted octanol–water partition coefficient (Wildman–Crippen LogP) is -15.8. The number of thiocarbonyl (C=S) groups is 1. The predicted molar refractivity (Wildman–Crippen MR) is 155 cm³/mol. The molecule has 1 fully saturated rings. The number of carboxylic acid groups (broad SMARTS) is 4. The maximum atomic E-state index is 12.0. The van der Waals surface area contributed by atoms with Crippen molar-refractivity contribution in [1.29, 1.82) is 0 Å². The van der Waals surface area contributed by atoms with Crippen molar-refractivity contribution in [2.75, 3.05) is 49.2 Å². The SMILES string of the molecule is Cc1ccc(N(CC(=O)[O-])CC(=O)[O-])c(OCCOc2cc3cc(/C=C4\NC(=S)NC4=O)oc3cc2N(CC(=O)[O-])CC(=O)[O-])c1.[K+].[K+].[K+].[K+]. The van der Waals surface area contributed by atoms with Crippen molar-refractivity contribution in [2.24, 2.45) is 0 Å². The van der Waals surface area contributed by atoms with E-state index in [1.165, 1.54) is 24.3 Å².